The molecule has 8 nitrogen and oxygen atoms in total. The van der Waals surface area contributed by atoms with Crippen LogP contribution in [0.2, 0.25) is 0 Å². The average Bonchev–Trinajstić information content (AvgIpc) is 3.19. The molecule has 2 aliphatic rings. The molecule has 0 atom stereocenters. The summed E-state index contributed by atoms with van der Waals surface area (Å²) >= 11 is 0. The minimum absolute atomic E-state index is 0.0199. The Kier molecular flexibility index (Phi) is 5.26. The number of urea groups is 1. The summed E-state index contributed by atoms with van der Waals surface area (Å²) in [7, 11) is 3.57. The van der Waals surface area contributed by atoms with E-state index in [0.717, 1.165) is 24.1 Å². The van der Waals surface area contributed by atoms with Gasteiger partial charge in [-0.05, 0) is 38.8 Å². The van der Waals surface area contributed by atoms with Gasteiger partial charge in [0.1, 0.15) is 0 Å². The number of rotatable bonds is 2. The molecule has 8 heteroatoms. The summed E-state index contributed by atoms with van der Waals surface area (Å²) in [4.78, 5) is 35.2. The van der Waals surface area contributed by atoms with Gasteiger partial charge in [0, 0.05) is 81.4 Å². The zero-order chi connectivity index (χ0) is 21.5. The zero-order valence-corrected chi connectivity index (χ0v) is 18.2. The van der Waals surface area contributed by atoms with Crippen LogP contribution < -0.4 is 0 Å². The highest BCUT2D eigenvalue weighted by Crippen LogP contribution is 2.41. The van der Waals surface area contributed by atoms with Crippen LogP contribution in [-0.4, -0.2) is 75.1 Å². The van der Waals surface area contributed by atoms with Crippen LogP contribution >= 0.6 is 0 Å². The number of pyridine rings is 1. The highest BCUT2D eigenvalue weighted by Gasteiger charge is 2.46. The molecule has 2 aromatic heterocycles. The van der Waals surface area contributed by atoms with Crippen molar-refractivity contribution in [3.63, 3.8) is 0 Å². The molecule has 160 valence electrons. The lowest BCUT2D eigenvalue weighted by Gasteiger charge is -2.46. The fourth-order valence-electron chi connectivity index (χ4n) is 4.58. The van der Waals surface area contributed by atoms with Crippen molar-refractivity contribution in [2.75, 3.05) is 33.7 Å². The van der Waals surface area contributed by atoms with E-state index in [9.17, 15) is 9.59 Å². The van der Waals surface area contributed by atoms with Crippen molar-refractivity contribution in [1.82, 2.24) is 29.5 Å². The molecule has 1 fully saturated rings. The van der Waals surface area contributed by atoms with Gasteiger partial charge < -0.3 is 14.7 Å². The Morgan fingerprint density at radius 3 is 2.37 bits per heavy atom. The van der Waals surface area contributed by atoms with Gasteiger partial charge in [-0.15, -0.1) is 0 Å². The van der Waals surface area contributed by atoms with Crippen LogP contribution in [0.1, 0.15) is 54.3 Å². The van der Waals surface area contributed by atoms with E-state index in [1.54, 1.807) is 43.5 Å². The Balaban J connectivity index is 1.65. The summed E-state index contributed by atoms with van der Waals surface area (Å²) in [6.07, 6.45) is 7.00. The number of amides is 3. The van der Waals surface area contributed by atoms with Crippen LogP contribution in [0.3, 0.4) is 0 Å². The number of piperidine rings is 1. The monoisotopic (exact) mass is 410 g/mol. The number of hydrogen-bond acceptors (Lipinski definition) is 4. The van der Waals surface area contributed by atoms with Crippen LogP contribution in [0, 0.1) is 0 Å². The molecule has 2 aromatic rings. The third-order valence-corrected chi connectivity index (χ3v) is 6.28. The Bertz CT molecular complexity index is 928. The molecule has 1 spiro atoms. The highest BCUT2D eigenvalue weighted by molar-refractivity contribution is 5.94. The molecule has 0 aromatic carbocycles. The normalized spacial score (nSPS) is 17.9. The Morgan fingerprint density at radius 1 is 1.10 bits per heavy atom. The largest absolute Gasteiger partial charge is 0.333 e. The molecule has 2 aliphatic heterocycles. The molecule has 3 amide bonds. The Hall–Kier alpha value is -2.90. The van der Waals surface area contributed by atoms with Crippen LogP contribution in [0.25, 0.3) is 0 Å². The van der Waals surface area contributed by atoms with Crippen molar-refractivity contribution in [1.29, 1.82) is 0 Å². The minimum atomic E-state index is -0.223. The predicted octanol–water partition coefficient (Wildman–Crippen LogP) is 2.53. The first kappa shape index (κ1) is 20.4. The second-order valence-electron chi connectivity index (χ2n) is 8.92. The first-order chi connectivity index (χ1) is 14.3. The van der Waals surface area contributed by atoms with Crippen LogP contribution in [-0.2, 0) is 12.0 Å². The molecule has 4 rings (SSSR count). The molecule has 0 N–H and O–H groups in total. The molecule has 0 bridgehead atoms. The first-order valence-electron chi connectivity index (χ1n) is 10.5. The summed E-state index contributed by atoms with van der Waals surface area (Å²) in [5, 5.41) is 4.95. The third kappa shape index (κ3) is 3.55. The van der Waals surface area contributed by atoms with Gasteiger partial charge >= 0.3 is 6.03 Å². The van der Waals surface area contributed by atoms with Gasteiger partial charge in [-0.25, -0.2) is 4.79 Å². The molecule has 0 saturated carbocycles. The van der Waals surface area contributed by atoms with E-state index in [4.69, 9.17) is 5.10 Å². The van der Waals surface area contributed by atoms with E-state index < -0.39 is 0 Å². The first-order valence-corrected chi connectivity index (χ1v) is 10.5. The van der Waals surface area contributed by atoms with Crippen molar-refractivity contribution in [3.05, 3.63) is 47.5 Å². The lowest BCUT2D eigenvalue weighted by molar-refractivity contribution is 0.0583. The maximum absolute atomic E-state index is 13.2. The van der Waals surface area contributed by atoms with E-state index >= 15 is 0 Å². The van der Waals surface area contributed by atoms with Crippen molar-refractivity contribution >= 4 is 11.9 Å². The van der Waals surface area contributed by atoms with Gasteiger partial charge in [0.05, 0.1) is 5.69 Å². The lowest BCUT2D eigenvalue weighted by atomic mass is 9.72. The van der Waals surface area contributed by atoms with Gasteiger partial charge in [0.25, 0.3) is 5.91 Å². The molecule has 1 saturated heterocycles. The number of carbonyl (C=O) groups excluding carboxylic acids is 2. The molecule has 0 radical (unpaired) electrons. The van der Waals surface area contributed by atoms with E-state index in [1.807, 2.05) is 14.5 Å². The number of likely N-dealkylation sites (tertiary alicyclic amines) is 1. The van der Waals surface area contributed by atoms with E-state index in [2.05, 4.69) is 25.0 Å². The zero-order valence-electron chi connectivity index (χ0n) is 18.2. The second kappa shape index (κ2) is 7.74. The molecule has 0 unspecified atom stereocenters. The number of nitrogens with zero attached hydrogens (tertiary/aromatic N) is 6. The van der Waals surface area contributed by atoms with Crippen molar-refractivity contribution in [2.24, 2.45) is 0 Å². The standard InChI is InChI=1S/C22H30N6O2/c1-16(2)28-14-18-13-27(20(29)17-5-9-23-10-6-17)15-22(19(18)24-28)7-11-26(12-8-22)21(30)25(3)4/h5-6,9-10,14,16H,7-8,11-13,15H2,1-4H3. The number of carbonyl (C=O) groups is 2. The highest BCUT2D eigenvalue weighted by atomic mass is 16.2. The maximum Gasteiger partial charge on any atom is 0.319 e. The molecular weight excluding hydrogens is 380 g/mol. The van der Waals surface area contributed by atoms with Crippen LogP contribution in [0.4, 0.5) is 4.79 Å². The Morgan fingerprint density at radius 2 is 1.77 bits per heavy atom. The van der Waals surface area contributed by atoms with Crippen LogP contribution in [0.5, 0.6) is 0 Å². The quantitative estimate of drug-likeness (QED) is 0.763. The van der Waals surface area contributed by atoms with Crippen molar-refractivity contribution in [3.8, 4) is 0 Å². The smallest absolute Gasteiger partial charge is 0.319 e. The molecule has 4 heterocycles. The number of aromatic nitrogens is 3. The molecule has 0 aliphatic carbocycles. The van der Waals surface area contributed by atoms with Gasteiger partial charge in [0.15, 0.2) is 0 Å². The Labute approximate surface area is 177 Å². The van der Waals surface area contributed by atoms with E-state index in [-0.39, 0.29) is 23.4 Å². The maximum atomic E-state index is 13.2. The minimum Gasteiger partial charge on any atom is -0.333 e. The lowest BCUT2D eigenvalue weighted by Crippen LogP contribution is -2.55. The number of hydrogen-bond donors (Lipinski definition) is 0. The topological polar surface area (TPSA) is 74.6 Å². The van der Waals surface area contributed by atoms with E-state index in [0.29, 0.717) is 31.7 Å². The van der Waals surface area contributed by atoms with Gasteiger partial charge in [0.2, 0.25) is 0 Å². The summed E-state index contributed by atoms with van der Waals surface area (Å²) in [5.41, 5.74) is 2.65. The van der Waals surface area contributed by atoms with Gasteiger partial charge in [-0.2, -0.15) is 5.10 Å². The summed E-state index contributed by atoms with van der Waals surface area (Å²) in [6, 6.07) is 3.83. The fraction of sp³-hybridized carbons (Fsp3) is 0.545. The van der Waals surface area contributed by atoms with E-state index in [1.165, 1.54) is 0 Å². The van der Waals surface area contributed by atoms with Crippen LogP contribution in [0.15, 0.2) is 30.7 Å². The van der Waals surface area contributed by atoms with Crippen molar-refractivity contribution < 1.29 is 9.59 Å². The summed E-state index contributed by atoms with van der Waals surface area (Å²) in [6.45, 7) is 6.75. The molecular formula is C22H30N6O2. The predicted molar refractivity (Wildman–Crippen MR) is 113 cm³/mol. The van der Waals surface area contributed by atoms with Crippen molar-refractivity contribution in [2.45, 2.75) is 44.7 Å². The number of fused-ring (bicyclic) bond motifs is 2. The summed E-state index contributed by atoms with van der Waals surface area (Å²) < 4.78 is 2.00. The average molecular weight is 411 g/mol. The fourth-order valence-corrected chi connectivity index (χ4v) is 4.58. The van der Waals surface area contributed by atoms with Gasteiger partial charge in [-0.3, -0.25) is 14.5 Å². The SMILES string of the molecule is CC(C)n1cc2c(n1)C1(CCN(C(=O)N(C)C)CC1)CN(C(=O)c1ccncc1)C2. The van der Waals surface area contributed by atoms with Gasteiger partial charge in [-0.1, -0.05) is 0 Å². The molecule has 30 heavy (non-hydrogen) atoms. The summed E-state index contributed by atoms with van der Waals surface area (Å²) in [5.74, 6) is 0.0199. The third-order valence-electron chi connectivity index (χ3n) is 6.28. The second-order valence-corrected chi connectivity index (χ2v) is 8.92.